The minimum absolute atomic E-state index is 0.0369. The van der Waals surface area contributed by atoms with E-state index in [2.05, 4.69) is 4.98 Å². The molecule has 9 heteroatoms. The van der Waals surface area contributed by atoms with Gasteiger partial charge in [-0.2, -0.15) is 0 Å². The molecule has 0 bridgehead atoms. The van der Waals surface area contributed by atoms with Crippen LogP contribution in [-0.2, 0) is 0 Å². The van der Waals surface area contributed by atoms with E-state index in [1.165, 1.54) is 24.1 Å². The first kappa shape index (κ1) is 21.4. The van der Waals surface area contributed by atoms with Gasteiger partial charge in [0.2, 0.25) is 0 Å². The van der Waals surface area contributed by atoms with Crippen molar-refractivity contribution in [3.63, 3.8) is 0 Å². The van der Waals surface area contributed by atoms with Crippen LogP contribution >= 0.6 is 22.9 Å². The summed E-state index contributed by atoms with van der Waals surface area (Å²) >= 11 is 7.14. The van der Waals surface area contributed by atoms with Gasteiger partial charge in [0, 0.05) is 17.6 Å². The molecule has 0 unspecified atom stereocenters. The number of hydrogen-bond acceptors (Lipinski definition) is 5. The zero-order chi connectivity index (χ0) is 21.1. The number of fused-ring (bicyclic) bond motifs is 1. The van der Waals surface area contributed by atoms with Gasteiger partial charge in [-0.25, -0.2) is 13.8 Å². The summed E-state index contributed by atoms with van der Waals surface area (Å²) in [6.45, 7) is 1.08. The van der Waals surface area contributed by atoms with Gasteiger partial charge >= 0.3 is 0 Å². The SMILES string of the molecule is COc1ccc(Cl)cc1C(=O)N(CCCN(C)C)c1nc2c(F)cc(F)cc2s1. The molecule has 5 nitrogen and oxygen atoms in total. The summed E-state index contributed by atoms with van der Waals surface area (Å²) in [7, 11) is 5.33. The van der Waals surface area contributed by atoms with Gasteiger partial charge in [0.1, 0.15) is 17.1 Å². The number of halogens is 3. The Morgan fingerprint density at radius 3 is 2.66 bits per heavy atom. The van der Waals surface area contributed by atoms with Crippen LogP contribution in [0, 0.1) is 11.6 Å². The third-order valence-corrected chi connectivity index (χ3v) is 5.52. The van der Waals surface area contributed by atoms with Crippen molar-refractivity contribution in [3.8, 4) is 5.75 Å². The number of carbonyl (C=O) groups excluding carboxylic acids is 1. The fraction of sp³-hybridized carbons (Fsp3) is 0.300. The predicted octanol–water partition coefficient (Wildman–Crippen LogP) is 4.84. The van der Waals surface area contributed by atoms with Crippen molar-refractivity contribution in [1.82, 2.24) is 9.88 Å². The van der Waals surface area contributed by atoms with Crippen molar-refractivity contribution in [3.05, 3.63) is 52.6 Å². The van der Waals surface area contributed by atoms with E-state index >= 15 is 0 Å². The summed E-state index contributed by atoms with van der Waals surface area (Å²) in [4.78, 5) is 21.1. The van der Waals surface area contributed by atoms with Crippen molar-refractivity contribution in [2.45, 2.75) is 6.42 Å². The maximum absolute atomic E-state index is 14.1. The van der Waals surface area contributed by atoms with E-state index in [4.69, 9.17) is 16.3 Å². The number of aromatic nitrogens is 1. The Hall–Kier alpha value is -2.29. The van der Waals surface area contributed by atoms with Gasteiger partial charge in [-0.3, -0.25) is 9.69 Å². The second-order valence-electron chi connectivity index (χ2n) is 6.69. The second-order valence-corrected chi connectivity index (χ2v) is 8.13. The van der Waals surface area contributed by atoms with E-state index < -0.39 is 11.6 Å². The average Bonchev–Trinajstić information content (AvgIpc) is 3.08. The molecule has 3 aromatic rings. The number of carbonyl (C=O) groups is 1. The molecule has 0 aliphatic carbocycles. The number of hydrogen-bond donors (Lipinski definition) is 0. The van der Waals surface area contributed by atoms with Crippen LogP contribution in [0.1, 0.15) is 16.8 Å². The van der Waals surface area contributed by atoms with Crippen LogP contribution in [0.2, 0.25) is 5.02 Å². The zero-order valence-corrected chi connectivity index (χ0v) is 17.8. The van der Waals surface area contributed by atoms with E-state index in [-0.39, 0.29) is 22.1 Å². The van der Waals surface area contributed by atoms with Crippen LogP contribution in [0.25, 0.3) is 10.2 Å². The van der Waals surface area contributed by atoms with Crippen molar-refractivity contribution < 1.29 is 18.3 Å². The molecule has 0 N–H and O–H groups in total. The number of benzene rings is 2. The standard InChI is InChI=1S/C20H20ClF2N3O2S/c1-25(2)7-4-8-26(19(27)14-9-12(21)5-6-16(14)28-3)20-24-18-15(23)10-13(22)11-17(18)29-20/h5-6,9-11H,4,7-8H2,1-3H3. The van der Waals surface area contributed by atoms with E-state index in [0.29, 0.717) is 28.4 Å². The molecule has 0 aliphatic heterocycles. The van der Waals surface area contributed by atoms with Crippen LogP contribution in [0.5, 0.6) is 5.75 Å². The highest BCUT2D eigenvalue weighted by atomic mass is 35.5. The Balaban J connectivity index is 2.04. The Labute approximate surface area is 176 Å². The predicted molar refractivity (Wildman–Crippen MR) is 112 cm³/mol. The number of anilines is 1. The van der Waals surface area contributed by atoms with Gasteiger partial charge in [-0.05, 0) is 51.3 Å². The molecular weight excluding hydrogens is 420 g/mol. The molecule has 1 amide bonds. The third kappa shape index (κ3) is 4.83. The quantitative estimate of drug-likeness (QED) is 0.528. The van der Waals surface area contributed by atoms with E-state index in [1.807, 2.05) is 19.0 Å². The lowest BCUT2D eigenvalue weighted by molar-refractivity contribution is 0.0983. The fourth-order valence-corrected chi connectivity index (χ4v) is 4.08. The topological polar surface area (TPSA) is 45.7 Å². The summed E-state index contributed by atoms with van der Waals surface area (Å²) in [5, 5.41) is 0.676. The van der Waals surface area contributed by atoms with Gasteiger partial charge in [0.05, 0.1) is 17.4 Å². The molecular formula is C20H20ClF2N3O2S. The molecule has 154 valence electrons. The van der Waals surface area contributed by atoms with Crippen molar-refractivity contribution in [2.24, 2.45) is 0 Å². The van der Waals surface area contributed by atoms with Crippen molar-refractivity contribution in [1.29, 1.82) is 0 Å². The number of methoxy groups -OCH3 is 1. The summed E-state index contributed by atoms with van der Waals surface area (Å²) in [6, 6.07) is 6.76. The number of amides is 1. The third-order valence-electron chi connectivity index (χ3n) is 4.26. The highest BCUT2D eigenvalue weighted by molar-refractivity contribution is 7.22. The first-order chi connectivity index (χ1) is 13.8. The van der Waals surface area contributed by atoms with Gasteiger partial charge < -0.3 is 9.64 Å². The first-order valence-electron chi connectivity index (χ1n) is 8.86. The largest absolute Gasteiger partial charge is 0.496 e. The van der Waals surface area contributed by atoms with Crippen LogP contribution in [0.15, 0.2) is 30.3 Å². The Morgan fingerprint density at radius 1 is 1.21 bits per heavy atom. The molecule has 0 spiro atoms. The van der Waals surface area contributed by atoms with E-state index in [0.717, 1.165) is 23.9 Å². The molecule has 29 heavy (non-hydrogen) atoms. The van der Waals surface area contributed by atoms with E-state index in [1.54, 1.807) is 12.1 Å². The molecule has 0 aliphatic rings. The summed E-state index contributed by atoms with van der Waals surface area (Å²) < 4.78 is 33.4. The zero-order valence-electron chi connectivity index (χ0n) is 16.2. The average molecular weight is 440 g/mol. The monoisotopic (exact) mass is 439 g/mol. The fourth-order valence-electron chi connectivity index (χ4n) is 2.88. The minimum Gasteiger partial charge on any atom is -0.496 e. The number of thiazole rings is 1. The molecule has 0 fully saturated rings. The Kier molecular flexibility index (Phi) is 6.66. The van der Waals surface area contributed by atoms with Gasteiger partial charge in [-0.1, -0.05) is 22.9 Å². The van der Waals surface area contributed by atoms with Crippen molar-refractivity contribution >= 4 is 44.2 Å². The second kappa shape index (κ2) is 9.02. The first-order valence-corrected chi connectivity index (χ1v) is 10.1. The Morgan fingerprint density at radius 2 is 1.97 bits per heavy atom. The number of nitrogens with zero attached hydrogens (tertiary/aromatic N) is 3. The van der Waals surface area contributed by atoms with Gasteiger partial charge in [-0.15, -0.1) is 0 Å². The van der Waals surface area contributed by atoms with Crippen LogP contribution in [-0.4, -0.2) is 50.1 Å². The molecule has 0 saturated carbocycles. The molecule has 3 rings (SSSR count). The molecule has 0 atom stereocenters. The van der Waals surface area contributed by atoms with Crippen LogP contribution in [0.3, 0.4) is 0 Å². The van der Waals surface area contributed by atoms with Gasteiger partial charge in [0.25, 0.3) is 5.91 Å². The lowest BCUT2D eigenvalue weighted by atomic mass is 10.1. The molecule has 1 heterocycles. The summed E-state index contributed by atoms with van der Waals surface area (Å²) in [6.07, 6.45) is 0.661. The maximum atomic E-state index is 14.1. The highest BCUT2D eigenvalue weighted by Gasteiger charge is 2.25. The minimum atomic E-state index is -0.761. The number of rotatable bonds is 7. The summed E-state index contributed by atoms with van der Waals surface area (Å²) in [5.41, 5.74) is 0.311. The highest BCUT2D eigenvalue weighted by Crippen LogP contribution is 2.33. The van der Waals surface area contributed by atoms with Gasteiger partial charge in [0.15, 0.2) is 10.9 Å². The molecule has 0 saturated heterocycles. The molecule has 1 aromatic heterocycles. The van der Waals surface area contributed by atoms with E-state index in [9.17, 15) is 13.6 Å². The normalized spacial score (nSPS) is 11.3. The lowest BCUT2D eigenvalue weighted by Gasteiger charge is -2.22. The molecule has 2 aromatic carbocycles. The van der Waals surface area contributed by atoms with Crippen LogP contribution < -0.4 is 9.64 Å². The van der Waals surface area contributed by atoms with Crippen molar-refractivity contribution in [2.75, 3.05) is 39.2 Å². The van der Waals surface area contributed by atoms with Crippen LogP contribution in [0.4, 0.5) is 13.9 Å². The Bertz CT molecular complexity index is 1040. The molecule has 0 radical (unpaired) electrons. The number of ether oxygens (including phenoxy) is 1. The smallest absolute Gasteiger partial charge is 0.263 e. The maximum Gasteiger partial charge on any atom is 0.263 e. The summed E-state index contributed by atoms with van der Waals surface area (Å²) in [5.74, 6) is -1.45. The lowest BCUT2D eigenvalue weighted by Crippen LogP contribution is -2.33.